The summed E-state index contributed by atoms with van der Waals surface area (Å²) in [5.41, 5.74) is 3.53. The highest BCUT2D eigenvalue weighted by Crippen LogP contribution is 2.29. The number of aromatic nitrogens is 2. The van der Waals surface area contributed by atoms with E-state index in [0.29, 0.717) is 0 Å². The molecule has 0 fully saturated rings. The Labute approximate surface area is 110 Å². The molecule has 0 radical (unpaired) electrons. The van der Waals surface area contributed by atoms with Crippen molar-refractivity contribution in [1.29, 1.82) is 0 Å². The minimum Gasteiger partial charge on any atom is -0.326 e. The molecule has 1 heterocycles. The van der Waals surface area contributed by atoms with Gasteiger partial charge in [0.1, 0.15) is 0 Å². The zero-order valence-corrected chi connectivity index (χ0v) is 10.1. The fourth-order valence-electron chi connectivity index (χ4n) is 1.66. The van der Waals surface area contributed by atoms with Crippen molar-refractivity contribution < 1.29 is 13.2 Å². The number of aromatic amines is 1. The first-order valence-electron chi connectivity index (χ1n) is 5.55. The van der Waals surface area contributed by atoms with E-state index in [1.807, 2.05) is 0 Å². The summed E-state index contributed by atoms with van der Waals surface area (Å²) in [4.78, 5) is 25.0. The molecule has 0 aliphatic rings. The van der Waals surface area contributed by atoms with E-state index in [1.165, 1.54) is 6.20 Å². The van der Waals surface area contributed by atoms with Gasteiger partial charge in [-0.05, 0) is 24.3 Å². The van der Waals surface area contributed by atoms with Crippen LogP contribution in [0, 0.1) is 0 Å². The molecule has 0 aliphatic carbocycles. The van der Waals surface area contributed by atoms with Crippen LogP contribution >= 0.6 is 0 Å². The molecule has 0 aliphatic heterocycles. The lowest BCUT2D eigenvalue weighted by Crippen LogP contribution is -2.31. The third-order valence-corrected chi connectivity index (χ3v) is 2.71. The van der Waals surface area contributed by atoms with Crippen LogP contribution in [0.3, 0.4) is 0 Å². The molecule has 0 atom stereocenters. The van der Waals surface area contributed by atoms with Crippen molar-refractivity contribution in [2.45, 2.75) is 12.7 Å². The largest absolute Gasteiger partial charge is 0.416 e. The highest BCUT2D eigenvalue weighted by molar-refractivity contribution is 5.36. The van der Waals surface area contributed by atoms with E-state index in [-0.39, 0.29) is 17.8 Å². The van der Waals surface area contributed by atoms with Gasteiger partial charge in [0.05, 0.1) is 11.3 Å². The second-order valence-electron chi connectivity index (χ2n) is 4.03. The highest BCUT2D eigenvalue weighted by Gasteiger charge is 2.30. The number of rotatable bonds is 2. The third kappa shape index (κ3) is 2.64. The summed E-state index contributed by atoms with van der Waals surface area (Å²) in [7, 11) is 0. The third-order valence-electron chi connectivity index (χ3n) is 2.71. The minimum absolute atomic E-state index is 0.0871. The van der Waals surface area contributed by atoms with Gasteiger partial charge >= 0.3 is 11.9 Å². The van der Waals surface area contributed by atoms with Gasteiger partial charge in [-0.3, -0.25) is 14.3 Å². The minimum atomic E-state index is -4.45. The summed E-state index contributed by atoms with van der Waals surface area (Å²) in [5, 5.41) is 0. The van der Waals surface area contributed by atoms with Gasteiger partial charge in [0.15, 0.2) is 0 Å². The summed E-state index contributed by atoms with van der Waals surface area (Å²) >= 11 is 0. The Kier molecular flexibility index (Phi) is 3.49. The predicted octanol–water partition coefficient (Wildman–Crippen LogP) is 1.00. The van der Waals surface area contributed by atoms with Gasteiger partial charge in [0.2, 0.25) is 0 Å². The van der Waals surface area contributed by atoms with Crippen LogP contribution < -0.4 is 17.0 Å². The highest BCUT2D eigenvalue weighted by atomic mass is 19.4. The molecule has 20 heavy (non-hydrogen) atoms. The maximum absolute atomic E-state index is 12.4. The maximum atomic E-state index is 12.4. The molecule has 0 saturated carbocycles. The zero-order valence-electron chi connectivity index (χ0n) is 10.1. The summed E-state index contributed by atoms with van der Waals surface area (Å²) in [5.74, 6) is 0. The normalized spacial score (nSPS) is 11.6. The maximum Gasteiger partial charge on any atom is 0.416 e. The van der Waals surface area contributed by atoms with E-state index in [0.717, 1.165) is 28.8 Å². The predicted molar refractivity (Wildman–Crippen MR) is 65.6 cm³/mol. The van der Waals surface area contributed by atoms with Gasteiger partial charge in [0, 0.05) is 18.3 Å². The van der Waals surface area contributed by atoms with Gasteiger partial charge < -0.3 is 5.73 Å². The molecule has 0 saturated heterocycles. The van der Waals surface area contributed by atoms with Crippen LogP contribution in [0.25, 0.3) is 5.69 Å². The second-order valence-corrected chi connectivity index (χ2v) is 4.03. The first-order chi connectivity index (χ1) is 9.32. The SMILES string of the molecule is NCc1cn(-c2ccc(C(F)(F)F)cc2)c(=O)[nH]c1=O. The van der Waals surface area contributed by atoms with Gasteiger partial charge in [-0.2, -0.15) is 13.2 Å². The Bertz CT molecular complexity index is 729. The number of alkyl halides is 3. The zero-order chi connectivity index (χ0) is 14.9. The van der Waals surface area contributed by atoms with Crippen LogP contribution in [0.15, 0.2) is 40.1 Å². The summed E-state index contributed by atoms with van der Waals surface area (Å²) < 4.78 is 38.4. The molecule has 3 N–H and O–H groups in total. The monoisotopic (exact) mass is 285 g/mol. The van der Waals surface area contributed by atoms with Crippen LogP contribution in [0.5, 0.6) is 0 Å². The molecule has 2 rings (SSSR count). The first-order valence-corrected chi connectivity index (χ1v) is 5.55. The molecular weight excluding hydrogens is 275 g/mol. The molecule has 1 aromatic heterocycles. The first kappa shape index (κ1) is 14.1. The van der Waals surface area contributed by atoms with Crippen LogP contribution in [-0.2, 0) is 12.7 Å². The number of benzene rings is 1. The van der Waals surface area contributed by atoms with Gasteiger partial charge in [-0.1, -0.05) is 0 Å². The van der Waals surface area contributed by atoms with Crippen molar-refractivity contribution in [3.63, 3.8) is 0 Å². The van der Waals surface area contributed by atoms with E-state index in [2.05, 4.69) is 4.98 Å². The Morgan fingerprint density at radius 3 is 2.25 bits per heavy atom. The quantitative estimate of drug-likeness (QED) is 0.864. The molecule has 0 unspecified atom stereocenters. The Morgan fingerprint density at radius 1 is 1.15 bits per heavy atom. The van der Waals surface area contributed by atoms with E-state index in [4.69, 9.17) is 5.73 Å². The standard InChI is InChI=1S/C12H10F3N3O2/c13-12(14,15)8-1-3-9(4-2-8)18-6-7(5-16)10(19)17-11(18)20/h1-4,6H,5,16H2,(H,17,19,20). The Morgan fingerprint density at radius 2 is 1.75 bits per heavy atom. The van der Waals surface area contributed by atoms with Gasteiger partial charge in [-0.25, -0.2) is 4.79 Å². The van der Waals surface area contributed by atoms with E-state index in [9.17, 15) is 22.8 Å². The van der Waals surface area contributed by atoms with Crippen LogP contribution in [-0.4, -0.2) is 9.55 Å². The molecule has 0 amide bonds. The fourth-order valence-corrected chi connectivity index (χ4v) is 1.66. The number of hydrogen-bond acceptors (Lipinski definition) is 3. The van der Waals surface area contributed by atoms with Crippen LogP contribution in [0.1, 0.15) is 11.1 Å². The van der Waals surface area contributed by atoms with Crippen molar-refractivity contribution in [3.8, 4) is 5.69 Å². The molecule has 8 heteroatoms. The number of H-pyrrole nitrogens is 1. The lowest BCUT2D eigenvalue weighted by molar-refractivity contribution is -0.137. The second kappa shape index (κ2) is 4.97. The van der Waals surface area contributed by atoms with Crippen molar-refractivity contribution in [1.82, 2.24) is 9.55 Å². The molecular formula is C12H10F3N3O2. The fraction of sp³-hybridized carbons (Fsp3) is 0.167. The lowest BCUT2D eigenvalue weighted by Gasteiger charge is -2.09. The summed E-state index contributed by atoms with van der Waals surface area (Å²) in [6, 6.07) is 4.00. The van der Waals surface area contributed by atoms with E-state index in [1.54, 1.807) is 0 Å². The van der Waals surface area contributed by atoms with E-state index < -0.39 is 23.0 Å². The molecule has 0 spiro atoms. The number of nitrogens with two attached hydrogens (primary N) is 1. The van der Waals surface area contributed by atoms with Crippen LogP contribution in [0.4, 0.5) is 13.2 Å². The average Bonchev–Trinajstić information content (AvgIpc) is 2.38. The van der Waals surface area contributed by atoms with Gasteiger partial charge in [-0.15, -0.1) is 0 Å². The van der Waals surface area contributed by atoms with Crippen molar-refractivity contribution in [2.24, 2.45) is 5.73 Å². The molecule has 2 aromatic rings. The van der Waals surface area contributed by atoms with Crippen molar-refractivity contribution in [3.05, 3.63) is 62.4 Å². The Balaban J connectivity index is 2.52. The lowest BCUT2D eigenvalue weighted by atomic mass is 10.2. The van der Waals surface area contributed by atoms with Crippen molar-refractivity contribution in [2.75, 3.05) is 0 Å². The average molecular weight is 285 g/mol. The number of halogens is 3. The van der Waals surface area contributed by atoms with E-state index >= 15 is 0 Å². The molecule has 0 bridgehead atoms. The number of hydrogen-bond donors (Lipinski definition) is 2. The molecule has 5 nitrogen and oxygen atoms in total. The van der Waals surface area contributed by atoms with Gasteiger partial charge in [0.25, 0.3) is 5.56 Å². The topological polar surface area (TPSA) is 80.9 Å². The summed E-state index contributed by atoms with van der Waals surface area (Å²) in [6.07, 6.45) is -3.24. The molecule has 1 aromatic carbocycles. The van der Waals surface area contributed by atoms with Crippen LogP contribution in [0.2, 0.25) is 0 Å². The smallest absolute Gasteiger partial charge is 0.326 e. The number of nitrogens with one attached hydrogen (secondary N) is 1. The molecule has 106 valence electrons. The number of nitrogens with zero attached hydrogens (tertiary/aromatic N) is 1. The Hall–Kier alpha value is -2.35. The summed E-state index contributed by atoms with van der Waals surface area (Å²) in [6.45, 7) is -0.0871. The van der Waals surface area contributed by atoms with Crippen molar-refractivity contribution >= 4 is 0 Å².